The molecule has 0 bridgehead atoms. The van der Waals surface area contributed by atoms with E-state index in [2.05, 4.69) is 17.4 Å². The molecule has 5 heteroatoms. The molecule has 2 rings (SSSR count). The lowest BCUT2D eigenvalue weighted by atomic mass is 9.91. The Morgan fingerprint density at radius 2 is 1.87 bits per heavy atom. The topological polar surface area (TPSA) is 69.6 Å². The SMILES string of the molecule is CC(=O)N1CCC[C@](O)(C(=O)NCc2c(C)cc(C)cc2C)C1. The molecule has 0 aliphatic carbocycles. The van der Waals surface area contributed by atoms with Crippen LogP contribution in [0.15, 0.2) is 12.1 Å². The molecule has 23 heavy (non-hydrogen) atoms. The van der Waals surface area contributed by atoms with Crippen LogP contribution in [0, 0.1) is 20.8 Å². The first-order chi connectivity index (χ1) is 10.7. The number of hydrogen-bond donors (Lipinski definition) is 2. The fourth-order valence-electron chi connectivity index (χ4n) is 3.31. The lowest BCUT2D eigenvalue weighted by Crippen LogP contribution is -2.57. The molecule has 0 radical (unpaired) electrons. The van der Waals surface area contributed by atoms with Gasteiger partial charge in [-0.3, -0.25) is 9.59 Å². The Labute approximate surface area is 137 Å². The summed E-state index contributed by atoms with van der Waals surface area (Å²) in [6, 6.07) is 4.17. The van der Waals surface area contributed by atoms with E-state index in [1.54, 1.807) is 0 Å². The molecule has 1 heterocycles. The summed E-state index contributed by atoms with van der Waals surface area (Å²) in [7, 11) is 0. The van der Waals surface area contributed by atoms with Gasteiger partial charge in [-0.05, 0) is 50.3 Å². The van der Waals surface area contributed by atoms with Crippen LogP contribution in [-0.4, -0.2) is 40.5 Å². The second-order valence-electron chi connectivity index (χ2n) is 6.64. The van der Waals surface area contributed by atoms with Crippen LogP contribution in [0.2, 0.25) is 0 Å². The number of aryl methyl sites for hydroxylation is 3. The number of piperidine rings is 1. The molecule has 1 saturated heterocycles. The van der Waals surface area contributed by atoms with Gasteiger partial charge in [0.1, 0.15) is 0 Å². The molecule has 1 atom stereocenters. The number of nitrogens with one attached hydrogen (secondary N) is 1. The Morgan fingerprint density at radius 1 is 1.26 bits per heavy atom. The molecular formula is C18H26N2O3. The number of carbonyl (C=O) groups is 2. The van der Waals surface area contributed by atoms with Gasteiger partial charge in [-0.25, -0.2) is 0 Å². The maximum atomic E-state index is 12.5. The van der Waals surface area contributed by atoms with Gasteiger partial charge in [0, 0.05) is 20.0 Å². The van der Waals surface area contributed by atoms with E-state index in [-0.39, 0.29) is 12.5 Å². The first-order valence-electron chi connectivity index (χ1n) is 8.06. The number of β-amino-alcohol motifs (C(OH)–C–C–N with tert-alkyl or cyclic N) is 1. The van der Waals surface area contributed by atoms with Crippen LogP contribution in [0.3, 0.4) is 0 Å². The lowest BCUT2D eigenvalue weighted by Gasteiger charge is -2.37. The normalized spacial score (nSPS) is 21.2. The minimum atomic E-state index is -1.49. The van der Waals surface area contributed by atoms with Gasteiger partial charge in [-0.1, -0.05) is 17.7 Å². The number of benzene rings is 1. The van der Waals surface area contributed by atoms with Gasteiger partial charge in [0.25, 0.3) is 5.91 Å². The van der Waals surface area contributed by atoms with Crippen molar-refractivity contribution in [3.8, 4) is 0 Å². The van der Waals surface area contributed by atoms with Crippen LogP contribution in [0.1, 0.15) is 42.0 Å². The van der Waals surface area contributed by atoms with Gasteiger partial charge in [-0.2, -0.15) is 0 Å². The second-order valence-corrected chi connectivity index (χ2v) is 6.64. The van der Waals surface area contributed by atoms with E-state index in [1.807, 2.05) is 20.8 Å². The maximum absolute atomic E-state index is 12.5. The van der Waals surface area contributed by atoms with Gasteiger partial charge in [0.05, 0.1) is 6.54 Å². The van der Waals surface area contributed by atoms with Crippen LogP contribution >= 0.6 is 0 Å². The highest BCUT2D eigenvalue weighted by atomic mass is 16.3. The van der Waals surface area contributed by atoms with Crippen LogP contribution in [-0.2, 0) is 16.1 Å². The number of carbonyl (C=O) groups excluding carboxylic acids is 2. The Balaban J connectivity index is 2.06. The minimum Gasteiger partial charge on any atom is -0.378 e. The molecule has 5 nitrogen and oxygen atoms in total. The maximum Gasteiger partial charge on any atom is 0.254 e. The van der Waals surface area contributed by atoms with Gasteiger partial charge >= 0.3 is 0 Å². The van der Waals surface area contributed by atoms with E-state index < -0.39 is 11.5 Å². The first-order valence-corrected chi connectivity index (χ1v) is 8.06. The summed E-state index contributed by atoms with van der Waals surface area (Å²) in [5.41, 5.74) is 3.04. The van der Waals surface area contributed by atoms with Crippen molar-refractivity contribution in [2.24, 2.45) is 0 Å². The summed E-state index contributed by atoms with van der Waals surface area (Å²) in [6.45, 7) is 8.61. The number of hydrogen-bond acceptors (Lipinski definition) is 3. The van der Waals surface area contributed by atoms with Crippen molar-refractivity contribution in [1.29, 1.82) is 0 Å². The Morgan fingerprint density at radius 3 is 2.43 bits per heavy atom. The van der Waals surface area contributed by atoms with Crippen LogP contribution in [0.4, 0.5) is 0 Å². The zero-order valence-corrected chi connectivity index (χ0v) is 14.4. The van der Waals surface area contributed by atoms with E-state index in [1.165, 1.54) is 17.4 Å². The van der Waals surface area contributed by atoms with E-state index in [0.29, 0.717) is 25.9 Å². The zero-order chi connectivity index (χ0) is 17.2. The molecule has 1 aliphatic rings. The molecule has 0 saturated carbocycles. The molecule has 2 amide bonds. The fraction of sp³-hybridized carbons (Fsp3) is 0.556. The highest BCUT2D eigenvalue weighted by molar-refractivity contribution is 5.86. The van der Waals surface area contributed by atoms with Gasteiger partial charge < -0.3 is 15.3 Å². The van der Waals surface area contributed by atoms with Crippen molar-refractivity contribution < 1.29 is 14.7 Å². The van der Waals surface area contributed by atoms with Crippen molar-refractivity contribution in [2.75, 3.05) is 13.1 Å². The molecule has 1 aromatic rings. The molecule has 0 unspecified atom stereocenters. The smallest absolute Gasteiger partial charge is 0.254 e. The largest absolute Gasteiger partial charge is 0.378 e. The third kappa shape index (κ3) is 3.91. The molecule has 0 aromatic heterocycles. The van der Waals surface area contributed by atoms with Gasteiger partial charge in [-0.15, -0.1) is 0 Å². The standard InChI is InChI=1S/C18H26N2O3/c1-12-8-13(2)16(14(3)9-12)10-19-17(22)18(23)6-5-7-20(11-18)15(4)21/h8-9,23H,5-7,10-11H2,1-4H3,(H,19,22)/t18-/m1/s1. The van der Waals surface area contributed by atoms with E-state index in [9.17, 15) is 14.7 Å². The molecule has 1 fully saturated rings. The number of amides is 2. The highest BCUT2D eigenvalue weighted by Gasteiger charge is 2.40. The molecular weight excluding hydrogens is 292 g/mol. The van der Waals surface area contributed by atoms with Crippen molar-refractivity contribution in [3.05, 3.63) is 34.4 Å². The van der Waals surface area contributed by atoms with Crippen molar-refractivity contribution in [3.63, 3.8) is 0 Å². The first kappa shape index (κ1) is 17.5. The van der Waals surface area contributed by atoms with Gasteiger partial charge in [0.2, 0.25) is 5.91 Å². The summed E-state index contributed by atoms with van der Waals surface area (Å²) >= 11 is 0. The third-order valence-electron chi connectivity index (χ3n) is 4.60. The van der Waals surface area contributed by atoms with Crippen LogP contribution in [0.25, 0.3) is 0 Å². The molecule has 2 N–H and O–H groups in total. The van der Waals surface area contributed by atoms with Crippen molar-refractivity contribution in [2.45, 2.75) is 52.7 Å². The number of likely N-dealkylation sites (tertiary alicyclic amines) is 1. The summed E-state index contributed by atoms with van der Waals surface area (Å²) in [5.74, 6) is -0.510. The van der Waals surface area contributed by atoms with E-state index in [0.717, 1.165) is 16.7 Å². The van der Waals surface area contributed by atoms with Crippen LogP contribution < -0.4 is 5.32 Å². The molecule has 0 spiro atoms. The molecule has 126 valence electrons. The number of aliphatic hydroxyl groups is 1. The third-order valence-corrected chi connectivity index (χ3v) is 4.60. The average molecular weight is 318 g/mol. The Kier molecular flexibility index (Phi) is 5.09. The van der Waals surface area contributed by atoms with Crippen LogP contribution in [0.5, 0.6) is 0 Å². The lowest BCUT2D eigenvalue weighted by molar-refractivity contribution is -0.150. The number of rotatable bonds is 3. The number of nitrogens with zero attached hydrogens (tertiary/aromatic N) is 1. The second kappa shape index (κ2) is 6.71. The summed E-state index contributed by atoms with van der Waals surface area (Å²) in [5, 5.41) is 13.5. The highest BCUT2D eigenvalue weighted by Crippen LogP contribution is 2.22. The summed E-state index contributed by atoms with van der Waals surface area (Å²) < 4.78 is 0. The van der Waals surface area contributed by atoms with Crippen molar-refractivity contribution >= 4 is 11.8 Å². The fourth-order valence-corrected chi connectivity index (χ4v) is 3.31. The quantitative estimate of drug-likeness (QED) is 0.889. The monoisotopic (exact) mass is 318 g/mol. The Hall–Kier alpha value is -1.88. The molecule has 1 aliphatic heterocycles. The summed E-state index contributed by atoms with van der Waals surface area (Å²) in [6.07, 6.45) is 1.01. The average Bonchev–Trinajstić information content (AvgIpc) is 2.45. The van der Waals surface area contributed by atoms with E-state index in [4.69, 9.17) is 0 Å². The molecule has 1 aromatic carbocycles. The predicted molar refractivity (Wildman–Crippen MR) is 88.9 cm³/mol. The minimum absolute atomic E-state index is 0.0695. The van der Waals surface area contributed by atoms with E-state index >= 15 is 0 Å². The Bertz CT molecular complexity index is 604. The van der Waals surface area contributed by atoms with Crippen molar-refractivity contribution in [1.82, 2.24) is 10.2 Å². The van der Waals surface area contributed by atoms with Gasteiger partial charge in [0.15, 0.2) is 5.60 Å². The summed E-state index contributed by atoms with van der Waals surface area (Å²) in [4.78, 5) is 25.5. The predicted octanol–water partition coefficient (Wildman–Crippen LogP) is 1.60. The zero-order valence-electron chi connectivity index (χ0n) is 14.4.